The third-order valence-corrected chi connectivity index (χ3v) is 4.12. The van der Waals surface area contributed by atoms with Crippen molar-refractivity contribution in [2.75, 3.05) is 0 Å². The van der Waals surface area contributed by atoms with Crippen LogP contribution in [0.4, 0.5) is 22.0 Å². The SMILES string of the molecule is O=C(O)C(Cc1cccc(CC(F)(F)C(F)F)c1)C(O)c1ccc(F)cc1. The molecule has 0 saturated heterocycles. The molecule has 2 aromatic rings. The Balaban J connectivity index is 2.20. The largest absolute Gasteiger partial charge is 0.481 e. The Morgan fingerprint density at radius 1 is 1.04 bits per heavy atom. The first-order chi connectivity index (χ1) is 12.6. The van der Waals surface area contributed by atoms with Gasteiger partial charge in [0.2, 0.25) is 0 Å². The van der Waals surface area contributed by atoms with Crippen molar-refractivity contribution in [2.24, 2.45) is 5.92 Å². The lowest BCUT2D eigenvalue weighted by Crippen LogP contribution is -2.29. The number of hydrogen-bond donors (Lipinski definition) is 2. The molecule has 0 aliphatic carbocycles. The molecule has 0 aromatic heterocycles. The van der Waals surface area contributed by atoms with Gasteiger partial charge in [0.05, 0.1) is 12.0 Å². The van der Waals surface area contributed by atoms with E-state index in [1.807, 2.05) is 0 Å². The first-order valence-electron chi connectivity index (χ1n) is 8.00. The predicted octanol–water partition coefficient (Wildman–Crippen LogP) is 4.25. The number of benzene rings is 2. The van der Waals surface area contributed by atoms with Gasteiger partial charge in [-0.3, -0.25) is 4.79 Å². The number of carboxylic acid groups (broad SMARTS) is 1. The number of aliphatic hydroxyl groups excluding tert-OH is 1. The van der Waals surface area contributed by atoms with Crippen LogP contribution < -0.4 is 0 Å². The minimum atomic E-state index is -4.20. The minimum absolute atomic E-state index is 0.0711. The van der Waals surface area contributed by atoms with E-state index >= 15 is 0 Å². The monoisotopic (exact) mass is 388 g/mol. The fourth-order valence-electron chi connectivity index (χ4n) is 2.70. The van der Waals surface area contributed by atoms with Gasteiger partial charge >= 0.3 is 18.3 Å². The lowest BCUT2D eigenvalue weighted by molar-refractivity contribution is -0.145. The Labute approximate surface area is 152 Å². The summed E-state index contributed by atoms with van der Waals surface area (Å²) in [5.74, 6) is -7.42. The van der Waals surface area contributed by atoms with Crippen LogP contribution in [0.1, 0.15) is 22.8 Å². The number of hydrogen-bond acceptors (Lipinski definition) is 2. The van der Waals surface area contributed by atoms with E-state index in [4.69, 9.17) is 0 Å². The van der Waals surface area contributed by atoms with Crippen molar-refractivity contribution >= 4 is 5.97 Å². The predicted molar refractivity (Wildman–Crippen MR) is 87.3 cm³/mol. The molecule has 0 radical (unpaired) electrons. The molecule has 2 aromatic carbocycles. The van der Waals surface area contributed by atoms with Gasteiger partial charge in [-0.05, 0) is 35.2 Å². The van der Waals surface area contributed by atoms with Gasteiger partial charge in [-0.2, -0.15) is 8.78 Å². The highest BCUT2D eigenvalue weighted by Crippen LogP contribution is 2.29. The molecule has 0 amide bonds. The van der Waals surface area contributed by atoms with Gasteiger partial charge in [-0.1, -0.05) is 36.4 Å². The third-order valence-electron chi connectivity index (χ3n) is 4.12. The lowest BCUT2D eigenvalue weighted by Gasteiger charge is -2.20. The second-order valence-corrected chi connectivity index (χ2v) is 6.20. The summed E-state index contributed by atoms with van der Waals surface area (Å²) in [5, 5.41) is 19.7. The molecule has 0 fully saturated rings. The molecular formula is C19H17F5O3. The molecule has 0 heterocycles. The molecule has 27 heavy (non-hydrogen) atoms. The van der Waals surface area contributed by atoms with Crippen molar-refractivity contribution in [1.29, 1.82) is 0 Å². The van der Waals surface area contributed by atoms with Crippen LogP contribution in [-0.4, -0.2) is 28.5 Å². The van der Waals surface area contributed by atoms with Gasteiger partial charge < -0.3 is 10.2 Å². The molecule has 2 rings (SSSR count). The van der Waals surface area contributed by atoms with Crippen molar-refractivity contribution in [2.45, 2.75) is 31.3 Å². The summed E-state index contributed by atoms with van der Waals surface area (Å²) in [6, 6.07) is 9.91. The number of aliphatic carboxylic acids is 1. The van der Waals surface area contributed by atoms with E-state index in [1.165, 1.54) is 36.4 Å². The highest BCUT2D eigenvalue weighted by atomic mass is 19.3. The van der Waals surface area contributed by atoms with E-state index in [-0.39, 0.29) is 17.5 Å². The molecule has 0 spiro atoms. The van der Waals surface area contributed by atoms with Gasteiger partial charge in [0, 0.05) is 6.42 Å². The van der Waals surface area contributed by atoms with E-state index in [0.717, 1.165) is 12.1 Å². The van der Waals surface area contributed by atoms with E-state index < -0.39 is 42.6 Å². The molecule has 0 saturated carbocycles. The fourth-order valence-corrected chi connectivity index (χ4v) is 2.70. The average molecular weight is 388 g/mol. The Morgan fingerprint density at radius 2 is 1.63 bits per heavy atom. The minimum Gasteiger partial charge on any atom is -0.481 e. The second-order valence-electron chi connectivity index (χ2n) is 6.20. The van der Waals surface area contributed by atoms with E-state index in [0.29, 0.717) is 5.56 Å². The van der Waals surface area contributed by atoms with Crippen molar-refractivity contribution in [3.05, 3.63) is 71.0 Å². The normalized spacial score (nSPS) is 14.2. The molecule has 146 valence electrons. The summed E-state index contributed by atoms with van der Waals surface area (Å²) in [6.07, 6.45) is -6.68. The summed E-state index contributed by atoms with van der Waals surface area (Å²) in [5.41, 5.74) is 0.411. The number of alkyl halides is 4. The molecule has 2 atom stereocenters. The van der Waals surface area contributed by atoms with Crippen molar-refractivity contribution < 1.29 is 37.0 Å². The van der Waals surface area contributed by atoms with Crippen LogP contribution in [-0.2, 0) is 17.6 Å². The van der Waals surface area contributed by atoms with Crippen molar-refractivity contribution in [1.82, 2.24) is 0 Å². The number of halogens is 5. The zero-order valence-corrected chi connectivity index (χ0v) is 14.0. The standard InChI is InChI=1S/C19H17F5O3/c20-14-6-4-13(5-7-14)16(25)15(17(26)27)9-11-2-1-3-12(8-11)10-19(23,24)18(21)22/h1-8,15-16,18,25H,9-10H2,(H,26,27). The summed E-state index contributed by atoms with van der Waals surface area (Å²) >= 11 is 0. The molecule has 0 bridgehead atoms. The van der Waals surface area contributed by atoms with E-state index in [9.17, 15) is 37.0 Å². The van der Waals surface area contributed by atoms with Crippen LogP contribution in [0.2, 0.25) is 0 Å². The zero-order chi connectivity index (χ0) is 20.2. The number of rotatable bonds is 8. The van der Waals surface area contributed by atoms with E-state index in [2.05, 4.69) is 0 Å². The molecule has 0 aliphatic rings. The average Bonchev–Trinajstić information content (AvgIpc) is 2.59. The lowest BCUT2D eigenvalue weighted by atomic mass is 9.89. The van der Waals surface area contributed by atoms with Gasteiger partial charge in [-0.15, -0.1) is 0 Å². The Bertz CT molecular complexity index is 777. The molecule has 2 N–H and O–H groups in total. The maximum absolute atomic E-state index is 13.2. The Hall–Kier alpha value is -2.48. The first kappa shape index (κ1) is 20.8. The molecule has 8 heteroatoms. The quantitative estimate of drug-likeness (QED) is 0.665. The second kappa shape index (κ2) is 8.47. The van der Waals surface area contributed by atoms with Crippen LogP contribution in [0.25, 0.3) is 0 Å². The smallest absolute Gasteiger partial charge is 0.311 e. The number of carboxylic acids is 1. The topological polar surface area (TPSA) is 57.5 Å². The van der Waals surface area contributed by atoms with Crippen LogP contribution in [0.5, 0.6) is 0 Å². The highest BCUT2D eigenvalue weighted by molar-refractivity contribution is 5.71. The first-order valence-corrected chi connectivity index (χ1v) is 8.00. The number of aliphatic hydroxyl groups is 1. The molecule has 0 aliphatic heterocycles. The van der Waals surface area contributed by atoms with Gasteiger partial charge in [0.25, 0.3) is 0 Å². The summed E-state index contributed by atoms with van der Waals surface area (Å²) in [7, 11) is 0. The maximum atomic E-state index is 13.2. The highest BCUT2D eigenvalue weighted by Gasteiger charge is 2.40. The van der Waals surface area contributed by atoms with Crippen LogP contribution in [0, 0.1) is 11.7 Å². The molecular weight excluding hydrogens is 371 g/mol. The van der Waals surface area contributed by atoms with Crippen LogP contribution >= 0.6 is 0 Å². The molecule has 3 nitrogen and oxygen atoms in total. The Kier molecular flexibility index (Phi) is 6.54. The van der Waals surface area contributed by atoms with Gasteiger partial charge in [0.15, 0.2) is 0 Å². The van der Waals surface area contributed by atoms with Crippen LogP contribution in [0.3, 0.4) is 0 Å². The van der Waals surface area contributed by atoms with E-state index in [1.54, 1.807) is 0 Å². The van der Waals surface area contributed by atoms with Crippen LogP contribution in [0.15, 0.2) is 48.5 Å². The third kappa shape index (κ3) is 5.50. The summed E-state index contributed by atoms with van der Waals surface area (Å²) in [4.78, 5) is 11.5. The maximum Gasteiger partial charge on any atom is 0.311 e. The number of carbonyl (C=O) groups is 1. The van der Waals surface area contributed by atoms with Crippen molar-refractivity contribution in [3.63, 3.8) is 0 Å². The summed E-state index contributed by atoms with van der Waals surface area (Å²) < 4.78 is 64.1. The fraction of sp³-hybridized carbons (Fsp3) is 0.316. The Morgan fingerprint density at radius 3 is 2.19 bits per heavy atom. The molecule has 2 unspecified atom stereocenters. The zero-order valence-electron chi connectivity index (χ0n) is 14.0. The van der Waals surface area contributed by atoms with Crippen molar-refractivity contribution in [3.8, 4) is 0 Å². The van der Waals surface area contributed by atoms with Gasteiger partial charge in [-0.25, -0.2) is 13.2 Å². The summed E-state index contributed by atoms with van der Waals surface area (Å²) in [6.45, 7) is 0. The van der Waals surface area contributed by atoms with Gasteiger partial charge in [0.1, 0.15) is 5.82 Å².